The highest BCUT2D eigenvalue weighted by molar-refractivity contribution is 5.68. The molecule has 0 atom stereocenters. The molecule has 0 radical (unpaired) electrons. The van der Waals surface area contributed by atoms with Gasteiger partial charge in [0.25, 0.3) is 0 Å². The minimum absolute atomic E-state index is 0.460. The molecule has 2 aromatic carbocycles. The largest absolute Gasteiger partial charge is 0.233 e. The van der Waals surface area contributed by atoms with Crippen LogP contribution in [0, 0.1) is 20.8 Å². The second-order valence-corrected chi connectivity index (χ2v) is 6.88. The fourth-order valence-electron chi connectivity index (χ4n) is 2.90. The number of aryl methyl sites for hydroxylation is 3. The number of benzene rings is 2. The summed E-state index contributed by atoms with van der Waals surface area (Å²) in [6.45, 7) is 8.13. The molecule has 0 saturated carbocycles. The normalized spacial score (nSPS) is 12.6. The number of nitrogens with zero attached hydrogens (tertiary/aromatic N) is 2. The first-order valence-electron chi connectivity index (χ1n) is 10.3. The smallest absolute Gasteiger partial charge is 0.160 e. The predicted molar refractivity (Wildman–Crippen MR) is 110 cm³/mol. The van der Waals surface area contributed by atoms with Gasteiger partial charge in [-0.25, -0.2) is 9.97 Å². The highest BCUT2D eigenvalue weighted by Gasteiger charge is 2.13. The number of unbranched alkanes of at least 4 members (excludes halogenated alkanes) is 1. The fraction of sp³-hybridized carbons (Fsp3) is 0.333. The summed E-state index contributed by atoms with van der Waals surface area (Å²) in [7, 11) is 0. The average Bonchev–Trinajstić information content (AvgIpc) is 2.68. The molecule has 1 heterocycles. The van der Waals surface area contributed by atoms with Crippen molar-refractivity contribution in [2.45, 2.75) is 53.3 Å². The fourth-order valence-corrected chi connectivity index (χ4v) is 2.90. The van der Waals surface area contributed by atoms with Crippen LogP contribution in [0.25, 0.3) is 22.6 Å². The van der Waals surface area contributed by atoms with Crippen molar-refractivity contribution in [3.05, 3.63) is 70.9 Å². The Labute approximate surface area is 160 Å². The van der Waals surface area contributed by atoms with Crippen molar-refractivity contribution in [2.24, 2.45) is 0 Å². The molecule has 0 unspecified atom stereocenters. The molecule has 0 amide bonds. The van der Waals surface area contributed by atoms with E-state index in [1.54, 1.807) is 0 Å². The van der Waals surface area contributed by atoms with E-state index < -0.39 is 6.37 Å². The van der Waals surface area contributed by atoms with E-state index in [0.29, 0.717) is 17.9 Å². The predicted octanol–water partition coefficient (Wildman–Crippen LogP) is 6.47. The van der Waals surface area contributed by atoms with Gasteiger partial charge in [-0.15, -0.1) is 0 Å². The summed E-state index contributed by atoms with van der Waals surface area (Å²) in [6.07, 6.45) is 0.763. The molecule has 0 aliphatic heterocycles. The van der Waals surface area contributed by atoms with Gasteiger partial charge in [-0.05, 0) is 39.1 Å². The van der Waals surface area contributed by atoms with Crippen LogP contribution in [0.5, 0.6) is 0 Å². The van der Waals surface area contributed by atoms with Gasteiger partial charge in [-0.1, -0.05) is 79.4 Å². The van der Waals surface area contributed by atoms with Gasteiger partial charge in [0.15, 0.2) is 5.82 Å². The van der Waals surface area contributed by atoms with Crippen molar-refractivity contribution in [1.82, 2.24) is 9.97 Å². The monoisotopic (exact) mass is 346 g/mol. The first-order chi connectivity index (χ1) is 13.3. The summed E-state index contributed by atoms with van der Waals surface area (Å²) in [5.41, 5.74) is 6.39. The van der Waals surface area contributed by atoms with Crippen LogP contribution in [-0.4, -0.2) is 9.97 Å². The van der Waals surface area contributed by atoms with Crippen molar-refractivity contribution in [3.63, 3.8) is 0 Å². The Balaban J connectivity index is 2.20. The second kappa shape index (κ2) is 8.27. The summed E-state index contributed by atoms with van der Waals surface area (Å²) in [5.74, 6) is 0.580. The Kier molecular flexibility index (Phi) is 5.01. The van der Waals surface area contributed by atoms with Gasteiger partial charge >= 0.3 is 0 Å². The highest BCUT2D eigenvalue weighted by Crippen LogP contribution is 2.28. The van der Waals surface area contributed by atoms with E-state index in [1.807, 2.05) is 38.1 Å². The molecule has 134 valence electrons. The minimum Gasteiger partial charge on any atom is -0.233 e. The van der Waals surface area contributed by atoms with Gasteiger partial charge in [-0.3, -0.25) is 0 Å². The van der Waals surface area contributed by atoms with E-state index in [9.17, 15) is 0 Å². The Morgan fingerprint density at radius 3 is 1.92 bits per heavy atom. The topological polar surface area (TPSA) is 25.8 Å². The molecule has 26 heavy (non-hydrogen) atoms. The van der Waals surface area contributed by atoms with Crippen LogP contribution in [0.1, 0.15) is 51.3 Å². The number of hydrogen-bond donors (Lipinski definition) is 0. The van der Waals surface area contributed by atoms with Crippen LogP contribution in [0.4, 0.5) is 0 Å². The van der Waals surface area contributed by atoms with Crippen LogP contribution in [0.15, 0.2) is 48.5 Å². The summed E-state index contributed by atoms with van der Waals surface area (Å²) in [5, 5.41) is 0. The second-order valence-electron chi connectivity index (χ2n) is 6.88. The zero-order valence-electron chi connectivity index (χ0n) is 18.1. The standard InChI is InChI=1S/C24H28N2/c1-5-6-7-8-22-19(4)23(20-13-9-17(2)10-14-20)26-24(25-22)21-15-11-18(3)12-16-21/h9-16H,5-8H2,1-4H3/i8D2. The van der Waals surface area contributed by atoms with Crippen molar-refractivity contribution in [1.29, 1.82) is 0 Å². The maximum Gasteiger partial charge on any atom is 0.160 e. The minimum atomic E-state index is -1.48. The molecule has 0 fully saturated rings. The molecule has 1 aromatic heterocycles. The molecular weight excluding hydrogens is 316 g/mol. The van der Waals surface area contributed by atoms with Gasteiger partial charge in [0.1, 0.15) is 0 Å². The first-order valence-corrected chi connectivity index (χ1v) is 9.35. The molecule has 2 nitrogen and oxygen atoms in total. The summed E-state index contributed by atoms with van der Waals surface area (Å²) >= 11 is 0. The number of aromatic nitrogens is 2. The van der Waals surface area contributed by atoms with E-state index in [4.69, 9.17) is 12.7 Å². The Hall–Kier alpha value is -2.48. The third-order valence-corrected chi connectivity index (χ3v) is 4.60. The lowest BCUT2D eigenvalue weighted by Crippen LogP contribution is -2.03. The van der Waals surface area contributed by atoms with Crippen LogP contribution in [0.2, 0.25) is 0 Å². The van der Waals surface area contributed by atoms with E-state index >= 15 is 0 Å². The van der Waals surface area contributed by atoms with Crippen molar-refractivity contribution < 1.29 is 2.74 Å². The van der Waals surface area contributed by atoms with Gasteiger partial charge in [0.05, 0.1) is 5.69 Å². The molecular formula is C24H28N2. The van der Waals surface area contributed by atoms with Gasteiger partial charge < -0.3 is 0 Å². The lowest BCUT2D eigenvalue weighted by molar-refractivity contribution is 0.703. The molecule has 3 aromatic rings. The lowest BCUT2D eigenvalue weighted by atomic mass is 10.0. The highest BCUT2D eigenvalue weighted by atomic mass is 14.9. The molecule has 0 aliphatic carbocycles. The van der Waals surface area contributed by atoms with Gasteiger partial charge in [-0.2, -0.15) is 0 Å². The Bertz CT molecular complexity index is 946. The van der Waals surface area contributed by atoms with E-state index in [1.165, 1.54) is 11.1 Å². The maximum absolute atomic E-state index is 8.67. The third-order valence-electron chi connectivity index (χ3n) is 4.60. The zero-order valence-corrected chi connectivity index (χ0v) is 16.1. The summed E-state index contributed by atoms with van der Waals surface area (Å²) < 4.78 is 17.3. The molecule has 0 N–H and O–H groups in total. The zero-order chi connectivity index (χ0) is 20.3. The van der Waals surface area contributed by atoms with E-state index in [2.05, 4.69) is 38.1 Å². The Morgan fingerprint density at radius 1 is 0.769 bits per heavy atom. The summed E-state index contributed by atoms with van der Waals surface area (Å²) in [4.78, 5) is 9.56. The molecule has 2 heteroatoms. The van der Waals surface area contributed by atoms with Crippen LogP contribution in [0.3, 0.4) is 0 Å². The third kappa shape index (κ3) is 4.19. The molecule has 0 bridgehead atoms. The number of rotatable bonds is 6. The quantitative estimate of drug-likeness (QED) is 0.511. The lowest BCUT2D eigenvalue weighted by Gasteiger charge is -2.13. The Morgan fingerprint density at radius 2 is 1.35 bits per heavy atom. The summed E-state index contributed by atoms with van der Waals surface area (Å²) in [6, 6.07) is 16.3. The van der Waals surface area contributed by atoms with Crippen LogP contribution >= 0.6 is 0 Å². The molecule has 3 rings (SSSR count). The molecule has 0 aliphatic rings. The van der Waals surface area contributed by atoms with Crippen molar-refractivity contribution >= 4 is 0 Å². The first kappa shape index (κ1) is 15.7. The van der Waals surface area contributed by atoms with Crippen LogP contribution in [-0.2, 0) is 6.37 Å². The molecule has 0 spiro atoms. The average molecular weight is 347 g/mol. The SMILES string of the molecule is [2H]C([2H])(CCCC)c1nc(-c2ccc(C)cc2)nc(-c2ccc(C)cc2)c1C. The van der Waals surface area contributed by atoms with Crippen molar-refractivity contribution in [2.75, 3.05) is 0 Å². The van der Waals surface area contributed by atoms with Crippen molar-refractivity contribution in [3.8, 4) is 22.6 Å². The molecule has 0 saturated heterocycles. The maximum atomic E-state index is 8.67. The van der Waals surface area contributed by atoms with E-state index in [-0.39, 0.29) is 0 Å². The van der Waals surface area contributed by atoms with Gasteiger partial charge in [0, 0.05) is 19.6 Å². The van der Waals surface area contributed by atoms with Gasteiger partial charge in [0.2, 0.25) is 0 Å². The number of hydrogen-bond acceptors (Lipinski definition) is 2. The van der Waals surface area contributed by atoms with E-state index in [0.717, 1.165) is 35.2 Å². The van der Waals surface area contributed by atoms with Crippen LogP contribution < -0.4 is 0 Å².